The topological polar surface area (TPSA) is 211 Å². The highest BCUT2D eigenvalue weighted by molar-refractivity contribution is 5.78. The summed E-state index contributed by atoms with van der Waals surface area (Å²) in [6.45, 7) is -1.04. The molecular formula is C10H13O11-3. The van der Waals surface area contributed by atoms with E-state index in [1.165, 1.54) is 0 Å². The molecule has 0 fully saturated rings. The van der Waals surface area contributed by atoms with Crippen molar-refractivity contribution >= 4 is 17.9 Å². The Hall–Kier alpha value is -1.79. The second kappa shape index (κ2) is 8.49. The summed E-state index contributed by atoms with van der Waals surface area (Å²) >= 11 is 0. The molecule has 0 amide bonds. The smallest absolute Gasteiger partial charge is 0.126 e. The number of rotatable bonds is 10. The Morgan fingerprint density at radius 2 is 1.48 bits per heavy atom. The van der Waals surface area contributed by atoms with Gasteiger partial charge in [0.15, 0.2) is 0 Å². The number of carboxylic acids is 3. The van der Waals surface area contributed by atoms with Gasteiger partial charge in [0, 0.05) is 12.4 Å². The zero-order valence-electron chi connectivity index (χ0n) is 10.4. The van der Waals surface area contributed by atoms with Gasteiger partial charge in [0.1, 0.15) is 30.5 Å². The number of carbonyl (C=O) groups is 3. The van der Waals surface area contributed by atoms with E-state index >= 15 is 0 Å². The van der Waals surface area contributed by atoms with E-state index in [1.54, 1.807) is 0 Å². The van der Waals surface area contributed by atoms with Crippen LogP contribution < -0.4 is 15.3 Å². The molecule has 0 heterocycles. The molecule has 0 spiro atoms. The molecule has 11 heteroatoms. The molecule has 11 nitrogen and oxygen atoms in total. The summed E-state index contributed by atoms with van der Waals surface area (Å²) in [5.41, 5.74) is 0. The van der Waals surface area contributed by atoms with Crippen LogP contribution in [0, 0.1) is 0 Å². The van der Waals surface area contributed by atoms with Gasteiger partial charge in [-0.1, -0.05) is 0 Å². The highest BCUT2D eigenvalue weighted by Crippen LogP contribution is 2.12. The minimum Gasteiger partial charge on any atom is -0.550 e. The monoisotopic (exact) mass is 309 g/mol. The summed E-state index contributed by atoms with van der Waals surface area (Å²) in [5.74, 6) is -6.18. The molecule has 21 heavy (non-hydrogen) atoms. The van der Waals surface area contributed by atoms with Gasteiger partial charge in [-0.05, 0) is 0 Å². The first-order chi connectivity index (χ1) is 9.61. The minimum absolute atomic E-state index is 1.04. The molecule has 1 unspecified atom stereocenters. The van der Waals surface area contributed by atoms with Crippen molar-refractivity contribution in [3.63, 3.8) is 0 Å². The van der Waals surface area contributed by atoms with Crippen LogP contribution >= 0.6 is 0 Å². The van der Waals surface area contributed by atoms with E-state index in [1.807, 2.05) is 0 Å². The molecule has 0 saturated heterocycles. The van der Waals surface area contributed by atoms with Crippen molar-refractivity contribution in [1.82, 2.24) is 0 Å². The summed E-state index contributed by atoms with van der Waals surface area (Å²) in [7, 11) is 0. The summed E-state index contributed by atoms with van der Waals surface area (Å²) in [4.78, 5) is 31.7. The second-order valence-electron chi connectivity index (χ2n) is 3.99. The van der Waals surface area contributed by atoms with E-state index in [0.29, 0.717) is 0 Å². The summed E-state index contributed by atoms with van der Waals surface area (Å²) in [6.07, 6.45) is -12.6. The summed E-state index contributed by atoms with van der Waals surface area (Å²) < 4.78 is 4.31. The molecule has 0 radical (unpaired) electrons. The quantitative estimate of drug-likeness (QED) is 0.297. The SMILES string of the molecule is O=C([O-])CC(O[C@@H](C(=O)[O-])[C@@H](O)[C@H](O)[C@H](O)CO)C(=O)[O-]. The normalized spacial score (nSPS) is 18.3. The van der Waals surface area contributed by atoms with Crippen LogP contribution in [0.3, 0.4) is 0 Å². The van der Waals surface area contributed by atoms with E-state index in [2.05, 4.69) is 4.74 Å². The first kappa shape index (κ1) is 19.2. The number of hydrogen-bond donors (Lipinski definition) is 4. The van der Waals surface area contributed by atoms with Gasteiger partial charge in [-0.3, -0.25) is 0 Å². The zero-order valence-corrected chi connectivity index (χ0v) is 10.4. The van der Waals surface area contributed by atoms with Crippen LogP contribution in [0.1, 0.15) is 6.42 Å². The summed E-state index contributed by atoms with van der Waals surface area (Å²) in [6, 6.07) is 0. The van der Waals surface area contributed by atoms with Crippen molar-refractivity contribution in [2.75, 3.05) is 6.61 Å². The molecule has 0 aliphatic heterocycles. The van der Waals surface area contributed by atoms with E-state index in [9.17, 15) is 39.9 Å². The second-order valence-corrected chi connectivity index (χ2v) is 3.99. The third-order valence-electron chi connectivity index (χ3n) is 2.40. The maximum absolute atomic E-state index is 10.8. The number of carboxylic acid groups (broad SMARTS) is 3. The molecule has 5 atom stereocenters. The third-order valence-corrected chi connectivity index (χ3v) is 2.40. The van der Waals surface area contributed by atoms with Crippen LogP contribution in [0.15, 0.2) is 0 Å². The van der Waals surface area contributed by atoms with E-state index in [-0.39, 0.29) is 0 Å². The van der Waals surface area contributed by atoms with Gasteiger partial charge in [0.25, 0.3) is 0 Å². The number of aliphatic hydroxyl groups is 4. The number of ether oxygens (including phenoxy) is 1. The van der Waals surface area contributed by atoms with E-state index in [0.717, 1.165) is 0 Å². The highest BCUT2D eigenvalue weighted by Gasteiger charge is 2.34. The largest absolute Gasteiger partial charge is 0.550 e. The lowest BCUT2D eigenvalue weighted by Crippen LogP contribution is -2.56. The third kappa shape index (κ3) is 6.01. The first-order valence-electron chi connectivity index (χ1n) is 5.53. The molecular weight excluding hydrogens is 296 g/mol. The van der Waals surface area contributed by atoms with Crippen molar-refractivity contribution in [2.45, 2.75) is 36.9 Å². The van der Waals surface area contributed by atoms with Gasteiger partial charge in [0.05, 0.1) is 18.5 Å². The molecule has 0 bridgehead atoms. The van der Waals surface area contributed by atoms with Gasteiger partial charge in [-0.25, -0.2) is 0 Å². The average molecular weight is 309 g/mol. The fraction of sp³-hybridized carbons (Fsp3) is 0.700. The maximum Gasteiger partial charge on any atom is 0.126 e. The van der Waals surface area contributed by atoms with Crippen LogP contribution in [0.4, 0.5) is 0 Å². The summed E-state index contributed by atoms with van der Waals surface area (Å²) in [5, 5.41) is 68.1. The maximum atomic E-state index is 10.8. The number of hydrogen-bond acceptors (Lipinski definition) is 11. The Morgan fingerprint density at radius 1 is 0.952 bits per heavy atom. The Morgan fingerprint density at radius 3 is 1.81 bits per heavy atom. The lowest BCUT2D eigenvalue weighted by Gasteiger charge is -2.32. The first-order valence-corrected chi connectivity index (χ1v) is 5.53. The molecule has 0 saturated carbocycles. The molecule has 0 aliphatic carbocycles. The number of aliphatic hydroxyl groups excluding tert-OH is 4. The Balaban J connectivity index is 5.08. The molecule has 0 aromatic rings. The van der Waals surface area contributed by atoms with Gasteiger partial charge >= 0.3 is 0 Å². The fourth-order valence-electron chi connectivity index (χ4n) is 1.31. The number of carbonyl (C=O) groups excluding carboxylic acids is 3. The van der Waals surface area contributed by atoms with Crippen molar-refractivity contribution in [3.8, 4) is 0 Å². The molecule has 122 valence electrons. The van der Waals surface area contributed by atoms with Crippen LogP contribution in [0.5, 0.6) is 0 Å². The molecule has 0 aromatic carbocycles. The van der Waals surface area contributed by atoms with Crippen LogP contribution in [0.25, 0.3) is 0 Å². The van der Waals surface area contributed by atoms with Crippen molar-refractivity contribution in [2.24, 2.45) is 0 Å². The molecule has 0 rings (SSSR count). The number of aliphatic carboxylic acids is 3. The highest BCUT2D eigenvalue weighted by atomic mass is 16.6. The predicted octanol–water partition coefficient (Wildman–Crippen LogP) is -7.54. The van der Waals surface area contributed by atoms with Gasteiger partial charge in [-0.2, -0.15) is 0 Å². The van der Waals surface area contributed by atoms with Crippen molar-refractivity contribution in [3.05, 3.63) is 0 Å². The average Bonchev–Trinajstić information content (AvgIpc) is 2.39. The molecule has 0 aliphatic rings. The lowest BCUT2D eigenvalue weighted by molar-refractivity contribution is -0.339. The van der Waals surface area contributed by atoms with E-state index in [4.69, 9.17) is 10.2 Å². The van der Waals surface area contributed by atoms with Crippen LogP contribution in [0.2, 0.25) is 0 Å². The van der Waals surface area contributed by atoms with Crippen LogP contribution in [-0.2, 0) is 19.1 Å². The molecule has 0 aromatic heterocycles. The van der Waals surface area contributed by atoms with Gasteiger partial charge in [-0.15, -0.1) is 0 Å². The van der Waals surface area contributed by atoms with Crippen molar-refractivity contribution < 1.29 is 54.9 Å². The van der Waals surface area contributed by atoms with Crippen LogP contribution in [-0.4, -0.2) is 75.5 Å². The van der Waals surface area contributed by atoms with Crippen molar-refractivity contribution in [1.29, 1.82) is 0 Å². The Labute approximate surface area is 117 Å². The Bertz CT molecular complexity index is 381. The van der Waals surface area contributed by atoms with Gasteiger partial charge in [0.2, 0.25) is 0 Å². The Kier molecular flexibility index (Phi) is 7.76. The van der Waals surface area contributed by atoms with Gasteiger partial charge < -0.3 is 54.9 Å². The minimum atomic E-state index is -2.50. The zero-order chi connectivity index (χ0) is 16.7. The lowest BCUT2D eigenvalue weighted by atomic mass is 10.0. The van der Waals surface area contributed by atoms with E-state index < -0.39 is 61.5 Å². The standard InChI is InChI=1S/C10H16O11/c11-2-3(12)6(15)7(16)8(10(19)20)21-4(9(17)18)1-5(13)14/h3-4,6-8,11-12,15-16H,1-2H2,(H,13,14)(H,17,18)(H,19,20)/p-3/t3-,4?,6-,7+,8-/m1/s1. The molecule has 4 N–H and O–H groups in total. The predicted molar refractivity (Wildman–Crippen MR) is 53.4 cm³/mol. The fourth-order valence-corrected chi connectivity index (χ4v) is 1.31.